The minimum Gasteiger partial charge on any atom is -0.446 e. The lowest BCUT2D eigenvalue weighted by Crippen LogP contribution is -2.46. The van der Waals surface area contributed by atoms with Crippen LogP contribution in [0.5, 0.6) is 0 Å². The standard InChI is InChI=1S/C23H33NO3/c1-15(2)19-11-9-16(3)13-22(19)27-23(26)24-20-14-18(10-12-21(20)25)17-7-5-4-6-8-17/h4-8,15-16,18-20,22H,9-14H2,1-3H3,(H,24,26)/t16-,18+,19+,20-,22+/m1/s1. The van der Waals surface area contributed by atoms with E-state index in [1.807, 2.05) is 18.2 Å². The SMILES string of the molecule is CC(C)[C@@H]1CC[C@@H](C)C[C@@H]1OC(=O)N[C@@H]1C[C@@H](c2ccccc2)CCC1=O. The molecule has 0 spiro atoms. The summed E-state index contributed by atoms with van der Waals surface area (Å²) in [6.07, 6.45) is 4.78. The quantitative estimate of drug-likeness (QED) is 0.803. The number of alkyl carbamates (subject to hydrolysis) is 1. The average molecular weight is 372 g/mol. The van der Waals surface area contributed by atoms with Crippen molar-refractivity contribution in [3.05, 3.63) is 35.9 Å². The Morgan fingerprint density at radius 2 is 1.85 bits per heavy atom. The van der Waals surface area contributed by atoms with Gasteiger partial charge in [0.25, 0.3) is 0 Å². The number of hydrogen-bond donors (Lipinski definition) is 1. The highest BCUT2D eigenvalue weighted by molar-refractivity contribution is 5.88. The topological polar surface area (TPSA) is 55.4 Å². The van der Waals surface area contributed by atoms with E-state index in [-0.39, 0.29) is 11.9 Å². The van der Waals surface area contributed by atoms with E-state index < -0.39 is 12.1 Å². The third-order valence-electron chi connectivity index (χ3n) is 6.43. The van der Waals surface area contributed by atoms with Gasteiger partial charge in [-0.1, -0.05) is 57.5 Å². The van der Waals surface area contributed by atoms with Crippen LogP contribution in [0.25, 0.3) is 0 Å². The van der Waals surface area contributed by atoms with Crippen LogP contribution in [-0.2, 0) is 9.53 Å². The molecule has 1 aromatic rings. The molecule has 0 bridgehead atoms. The molecule has 2 fully saturated rings. The smallest absolute Gasteiger partial charge is 0.408 e. The zero-order valence-corrected chi connectivity index (χ0v) is 16.8. The molecule has 0 unspecified atom stereocenters. The molecule has 0 aliphatic heterocycles. The number of hydrogen-bond acceptors (Lipinski definition) is 3. The molecule has 1 amide bonds. The molecule has 0 heterocycles. The van der Waals surface area contributed by atoms with E-state index in [0.29, 0.717) is 36.5 Å². The largest absolute Gasteiger partial charge is 0.446 e. The second-order valence-corrected chi connectivity index (χ2v) is 8.82. The van der Waals surface area contributed by atoms with Gasteiger partial charge in [0, 0.05) is 6.42 Å². The highest BCUT2D eigenvalue weighted by Gasteiger charge is 2.35. The van der Waals surface area contributed by atoms with Gasteiger partial charge in [-0.05, 0) is 54.9 Å². The molecule has 3 rings (SSSR count). The lowest BCUT2D eigenvalue weighted by molar-refractivity contribution is -0.122. The number of rotatable bonds is 4. The Balaban J connectivity index is 1.59. The molecule has 148 valence electrons. The fourth-order valence-electron chi connectivity index (χ4n) is 4.76. The van der Waals surface area contributed by atoms with E-state index in [4.69, 9.17) is 4.74 Å². The van der Waals surface area contributed by atoms with E-state index >= 15 is 0 Å². The number of nitrogens with one attached hydrogen (secondary N) is 1. The predicted octanol–water partition coefficient (Wildman–Crippen LogP) is 5.08. The monoisotopic (exact) mass is 371 g/mol. The molecule has 0 saturated heterocycles. The molecule has 0 aromatic heterocycles. The van der Waals surface area contributed by atoms with Crippen LogP contribution in [0.3, 0.4) is 0 Å². The molecule has 1 aromatic carbocycles. The molecule has 2 aliphatic carbocycles. The third kappa shape index (κ3) is 5.12. The van der Waals surface area contributed by atoms with Crippen LogP contribution in [0.2, 0.25) is 0 Å². The minimum atomic E-state index is -0.435. The number of benzene rings is 1. The van der Waals surface area contributed by atoms with Crippen molar-refractivity contribution < 1.29 is 14.3 Å². The summed E-state index contributed by atoms with van der Waals surface area (Å²) in [5.74, 6) is 1.92. The molecule has 27 heavy (non-hydrogen) atoms. The lowest BCUT2D eigenvalue weighted by atomic mass is 9.75. The van der Waals surface area contributed by atoms with Gasteiger partial charge in [-0.15, -0.1) is 0 Å². The van der Waals surface area contributed by atoms with Gasteiger partial charge >= 0.3 is 6.09 Å². The maximum atomic E-state index is 12.6. The summed E-state index contributed by atoms with van der Waals surface area (Å²) in [6.45, 7) is 6.62. The first-order valence-electron chi connectivity index (χ1n) is 10.5. The summed E-state index contributed by atoms with van der Waals surface area (Å²) in [5, 5.41) is 2.88. The van der Waals surface area contributed by atoms with Crippen molar-refractivity contribution in [2.75, 3.05) is 0 Å². The van der Waals surface area contributed by atoms with Crippen molar-refractivity contribution in [1.29, 1.82) is 0 Å². The molecular weight excluding hydrogens is 338 g/mol. The summed E-state index contributed by atoms with van der Waals surface area (Å²) in [6, 6.07) is 9.83. The molecule has 1 N–H and O–H groups in total. The van der Waals surface area contributed by atoms with Crippen molar-refractivity contribution in [2.24, 2.45) is 17.8 Å². The van der Waals surface area contributed by atoms with Crippen LogP contribution < -0.4 is 5.32 Å². The van der Waals surface area contributed by atoms with Gasteiger partial charge in [0.2, 0.25) is 0 Å². The Hall–Kier alpha value is -1.84. The van der Waals surface area contributed by atoms with E-state index in [0.717, 1.165) is 19.3 Å². The summed E-state index contributed by atoms with van der Waals surface area (Å²) < 4.78 is 5.83. The molecule has 0 radical (unpaired) electrons. The van der Waals surface area contributed by atoms with Gasteiger partial charge in [0.05, 0.1) is 6.04 Å². The van der Waals surface area contributed by atoms with E-state index in [2.05, 4.69) is 38.2 Å². The van der Waals surface area contributed by atoms with Gasteiger partial charge < -0.3 is 10.1 Å². The van der Waals surface area contributed by atoms with Crippen molar-refractivity contribution in [3.8, 4) is 0 Å². The van der Waals surface area contributed by atoms with Gasteiger partial charge in [-0.2, -0.15) is 0 Å². The molecule has 4 heteroatoms. The summed E-state index contributed by atoms with van der Waals surface area (Å²) in [5.41, 5.74) is 1.24. The number of ether oxygens (including phenoxy) is 1. The van der Waals surface area contributed by atoms with Crippen molar-refractivity contribution in [1.82, 2.24) is 5.32 Å². The molecular formula is C23H33NO3. The van der Waals surface area contributed by atoms with Crippen LogP contribution >= 0.6 is 0 Å². The highest BCUT2D eigenvalue weighted by Crippen LogP contribution is 2.36. The van der Waals surface area contributed by atoms with E-state index in [1.54, 1.807) is 0 Å². The Kier molecular flexibility index (Phi) is 6.56. The number of Topliss-reactive ketones (excluding diaryl/α,β-unsaturated/α-hetero) is 1. The first kappa shape index (κ1) is 19.9. The number of ketones is 1. The van der Waals surface area contributed by atoms with Crippen LogP contribution in [-0.4, -0.2) is 24.0 Å². The second-order valence-electron chi connectivity index (χ2n) is 8.82. The Bertz CT molecular complexity index is 642. The maximum absolute atomic E-state index is 12.6. The van der Waals surface area contributed by atoms with E-state index in [1.165, 1.54) is 12.0 Å². The molecule has 5 atom stereocenters. The Labute approximate surface area is 163 Å². The maximum Gasteiger partial charge on any atom is 0.408 e. The lowest BCUT2D eigenvalue weighted by Gasteiger charge is -2.37. The van der Waals surface area contributed by atoms with Crippen molar-refractivity contribution in [3.63, 3.8) is 0 Å². The summed E-state index contributed by atoms with van der Waals surface area (Å²) in [4.78, 5) is 24.9. The zero-order valence-electron chi connectivity index (χ0n) is 16.8. The highest BCUT2D eigenvalue weighted by atomic mass is 16.6. The fourth-order valence-corrected chi connectivity index (χ4v) is 4.76. The van der Waals surface area contributed by atoms with Gasteiger partial charge in [-0.25, -0.2) is 4.79 Å². The number of carbonyl (C=O) groups is 2. The summed E-state index contributed by atoms with van der Waals surface area (Å²) in [7, 11) is 0. The molecule has 4 nitrogen and oxygen atoms in total. The Morgan fingerprint density at radius 1 is 1.11 bits per heavy atom. The first-order valence-corrected chi connectivity index (χ1v) is 10.5. The van der Waals surface area contributed by atoms with Gasteiger partial charge in [0.15, 0.2) is 5.78 Å². The predicted molar refractivity (Wildman–Crippen MR) is 107 cm³/mol. The minimum absolute atomic E-state index is 0.0441. The van der Waals surface area contributed by atoms with E-state index in [9.17, 15) is 9.59 Å². The van der Waals surface area contributed by atoms with Crippen LogP contribution in [0.15, 0.2) is 30.3 Å². The van der Waals surface area contributed by atoms with Crippen LogP contribution in [0.1, 0.15) is 70.8 Å². The first-order chi connectivity index (χ1) is 12.9. The normalized spacial score (nSPS) is 31.6. The second kappa shape index (κ2) is 8.90. The number of amides is 1. The zero-order chi connectivity index (χ0) is 19.4. The van der Waals surface area contributed by atoms with Crippen molar-refractivity contribution >= 4 is 11.9 Å². The van der Waals surface area contributed by atoms with Gasteiger partial charge in [0.1, 0.15) is 6.10 Å². The third-order valence-corrected chi connectivity index (χ3v) is 6.43. The number of carbonyl (C=O) groups excluding carboxylic acids is 2. The van der Waals surface area contributed by atoms with Crippen molar-refractivity contribution in [2.45, 2.75) is 77.4 Å². The molecule has 2 saturated carbocycles. The Morgan fingerprint density at radius 3 is 2.56 bits per heavy atom. The van der Waals surface area contributed by atoms with Gasteiger partial charge in [-0.3, -0.25) is 4.79 Å². The van der Waals surface area contributed by atoms with Crippen LogP contribution in [0, 0.1) is 17.8 Å². The summed E-state index contributed by atoms with van der Waals surface area (Å²) >= 11 is 0. The fraction of sp³-hybridized carbons (Fsp3) is 0.652. The van der Waals surface area contributed by atoms with Crippen LogP contribution in [0.4, 0.5) is 4.79 Å². The molecule has 2 aliphatic rings. The average Bonchev–Trinajstić information content (AvgIpc) is 2.64.